The fraction of sp³-hybridized carbons (Fsp3) is 0.0526. The minimum atomic E-state index is -0.125. The first-order valence-corrected chi connectivity index (χ1v) is 7.34. The van der Waals surface area contributed by atoms with E-state index in [0.717, 1.165) is 16.5 Å². The van der Waals surface area contributed by atoms with Crippen molar-refractivity contribution in [2.24, 2.45) is 5.73 Å². The molecule has 0 atom stereocenters. The molecule has 1 aromatic heterocycles. The molecule has 4 nitrogen and oxygen atoms in total. The lowest BCUT2D eigenvalue weighted by molar-refractivity contribution is 0.100. The largest absolute Gasteiger partial charge is 0.399 e. The van der Waals surface area contributed by atoms with Gasteiger partial charge in [0.1, 0.15) is 0 Å². The Hall–Kier alpha value is -2.98. The maximum Gasteiger partial charge on any atom is 0.178 e. The van der Waals surface area contributed by atoms with Crippen molar-refractivity contribution in [1.82, 2.24) is 4.98 Å². The summed E-state index contributed by atoms with van der Waals surface area (Å²) in [5, 5.41) is 0.925. The van der Waals surface area contributed by atoms with Crippen LogP contribution in [0.4, 0.5) is 5.69 Å². The summed E-state index contributed by atoms with van der Waals surface area (Å²) in [6, 6.07) is 17.0. The number of nitrogen functional groups attached to an aromatic ring is 1. The molecule has 3 aromatic rings. The molecule has 0 saturated heterocycles. The highest BCUT2D eigenvalue weighted by Crippen LogP contribution is 2.19. The van der Waals surface area contributed by atoms with Gasteiger partial charge in [-0.25, -0.2) is 4.98 Å². The van der Waals surface area contributed by atoms with Crippen LogP contribution in [0.5, 0.6) is 0 Å². The number of carbonyl (C=O) groups excluding carboxylic acids is 1. The monoisotopic (exact) mass is 303 g/mol. The summed E-state index contributed by atoms with van der Waals surface area (Å²) in [6.07, 6.45) is 3.74. The van der Waals surface area contributed by atoms with Gasteiger partial charge < -0.3 is 11.5 Å². The van der Waals surface area contributed by atoms with Crippen molar-refractivity contribution in [3.05, 3.63) is 71.4 Å². The Labute approximate surface area is 134 Å². The molecule has 2 aromatic carbocycles. The third-order valence-electron chi connectivity index (χ3n) is 3.61. The van der Waals surface area contributed by atoms with Crippen LogP contribution in [0.2, 0.25) is 0 Å². The van der Waals surface area contributed by atoms with Crippen LogP contribution in [0.25, 0.3) is 23.1 Å². The maximum atomic E-state index is 12.1. The van der Waals surface area contributed by atoms with Crippen LogP contribution in [0, 0.1) is 0 Å². The molecule has 0 bridgehead atoms. The lowest BCUT2D eigenvalue weighted by Gasteiger charge is -2.06. The van der Waals surface area contributed by atoms with Crippen LogP contribution in [-0.4, -0.2) is 17.3 Å². The molecule has 0 aliphatic heterocycles. The summed E-state index contributed by atoms with van der Waals surface area (Å²) in [5.41, 5.74) is 14.9. The molecule has 0 amide bonds. The number of nitrogens with zero attached hydrogens (tertiary/aromatic N) is 1. The van der Waals surface area contributed by atoms with E-state index in [1.54, 1.807) is 0 Å². The summed E-state index contributed by atoms with van der Waals surface area (Å²) in [4.78, 5) is 16.7. The lowest BCUT2D eigenvalue weighted by Crippen LogP contribution is -2.15. The molecular formula is C19H17N3O. The van der Waals surface area contributed by atoms with Crippen molar-refractivity contribution in [3.8, 4) is 0 Å². The zero-order chi connectivity index (χ0) is 16.2. The third kappa shape index (κ3) is 3.27. The van der Waals surface area contributed by atoms with Crippen molar-refractivity contribution in [2.75, 3.05) is 12.3 Å². The van der Waals surface area contributed by atoms with Crippen LogP contribution < -0.4 is 11.5 Å². The Kier molecular flexibility index (Phi) is 4.17. The van der Waals surface area contributed by atoms with Gasteiger partial charge in [-0.1, -0.05) is 36.4 Å². The molecule has 1 heterocycles. The summed E-state index contributed by atoms with van der Waals surface area (Å²) < 4.78 is 0. The normalized spacial score (nSPS) is 11.2. The van der Waals surface area contributed by atoms with Crippen molar-refractivity contribution < 1.29 is 4.79 Å². The number of rotatable bonds is 4. The number of hydrogen-bond donors (Lipinski definition) is 2. The molecule has 0 aliphatic carbocycles. The topological polar surface area (TPSA) is 82.0 Å². The van der Waals surface area contributed by atoms with E-state index in [-0.39, 0.29) is 12.3 Å². The molecule has 0 saturated carbocycles. The summed E-state index contributed by atoms with van der Waals surface area (Å²) >= 11 is 0. The number of para-hydroxylation sites is 1. The number of carbonyl (C=O) groups is 1. The molecular weight excluding hydrogens is 286 g/mol. The average Bonchev–Trinajstić information content (AvgIpc) is 2.59. The Morgan fingerprint density at radius 1 is 1.04 bits per heavy atom. The minimum absolute atomic E-state index is 0.0390. The number of fused-ring (bicyclic) bond motifs is 1. The number of Topliss-reactive ketones (excluding diaryl/α,β-unsaturated/α-hetero) is 1. The van der Waals surface area contributed by atoms with Crippen LogP contribution >= 0.6 is 0 Å². The van der Waals surface area contributed by atoms with Gasteiger partial charge in [0.2, 0.25) is 0 Å². The molecule has 0 unspecified atom stereocenters. The minimum Gasteiger partial charge on any atom is -0.399 e. The molecule has 114 valence electrons. The first-order chi connectivity index (χ1) is 11.2. The predicted octanol–water partition coefficient (Wildman–Crippen LogP) is 3.13. The van der Waals surface area contributed by atoms with E-state index < -0.39 is 0 Å². The second kappa shape index (κ2) is 6.42. The summed E-state index contributed by atoms with van der Waals surface area (Å²) in [7, 11) is 0. The Balaban J connectivity index is 2.06. The second-order valence-electron chi connectivity index (χ2n) is 5.24. The maximum absolute atomic E-state index is 12.1. The zero-order valence-electron chi connectivity index (χ0n) is 12.6. The SMILES string of the molecule is NCC(=O)c1cc2ccccc2nc1C=Cc1ccc(N)cc1. The number of pyridine rings is 1. The molecule has 4 N–H and O–H groups in total. The van der Waals surface area contributed by atoms with E-state index >= 15 is 0 Å². The average molecular weight is 303 g/mol. The van der Waals surface area contributed by atoms with Crippen molar-refractivity contribution >= 4 is 34.5 Å². The van der Waals surface area contributed by atoms with Crippen LogP contribution in [0.15, 0.2) is 54.6 Å². The van der Waals surface area contributed by atoms with Crippen molar-refractivity contribution in [1.29, 1.82) is 0 Å². The molecule has 0 fully saturated rings. The predicted molar refractivity (Wildman–Crippen MR) is 94.9 cm³/mol. The molecule has 0 radical (unpaired) electrons. The first kappa shape index (κ1) is 14.9. The smallest absolute Gasteiger partial charge is 0.178 e. The van der Waals surface area contributed by atoms with Gasteiger partial charge in [0.05, 0.1) is 17.8 Å². The fourth-order valence-corrected chi connectivity index (χ4v) is 2.37. The molecule has 23 heavy (non-hydrogen) atoms. The summed E-state index contributed by atoms with van der Waals surface area (Å²) in [6.45, 7) is -0.0390. The van der Waals surface area contributed by atoms with E-state index in [1.165, 1.54) is 0 Å². The number of aromatic nitrogens is 1. The van der Waals surface area contributed by atoms with E-state index in [2.05, 4.69) is 4.98 Å². The van der Waals surface area contributed by atoms with E-state index in [0.29, 0.717) is 16.9 Å². The van der Waals surface area contributed by atoms with Gasteiger partial charge >= 0.3 is 0 Å². The van der Waals surface area contributed by atoms with Crippen LogP contribution in [0.3, 0.4) is 0 Å². The Morgan fingerprint density at radius 2 is 1.78 bits per heavy atom. The van der Waals surface area contributed by atoms with Gasteiger partial charge in [0.15, 0.2) is 5.78 Å². The zero-order valence-corrected chi connectivity index (χ0v) is 12.6. The second-order valence-corrected chi connectivity index (χ2v) is 5.24. The standard InChI is InChI=1S/C19H17N3O/c20-12-19(23)16-11-14-3-1-2-4-17(14)22-18(16)10-7-13-5-8-15(21)9-6-13/h1-11H,12,20-21H2. The van der Waals surface area contributed by atoms with E-state index in [4.69, 9.17) is 11.5 Å². The van der Waals surface area contributed by atoms with E-state index in [9.17, 15) is 4.79 Å². The van der Waals surface area contributed by atoms with Gasteiger partial charge in [-0.3, -0.25) is 4.79 Å². The van der Waals surface area contributed by atoms with Crippen molar-refractivity contribution in [3.63, 3.8) is 0 Å². The number of anilines is 1. The van der Waals surface area contributed by atoms with Gasteiger partial charge in [0.25, 0.3) is 0 Å². The number of hydrogen-bond acceptors (Lipinski definition) is 4. The fourth-order valence-electron chi connectivity index (χ4n) is 2.37. The highest BCUT2D eigenvalue weighted by atomic mass is 16.1. The summed E-state index contributed by atoms with van der Waals surface area (Å²) in [5.74, 6) is -0.125. The van der Waals surface area contributed by atoms with Crippen LogP contribution in [-0.2, 0) is 0 Å². The van der Waals surface area contributed by atoms with Gasteiger partial charge in [-0.2, -0.15) is 0 Å². The number of nitrogens with two attached hydrogens (primary N) is 2. The molecule has 0 spiro atoms. The van der Waals surface area contributed by atoms with Gasteiger partial charge in [-0.15, -0.1) is 0 Å². The molecule has 0 aliphatic rings. The van der Waals surface area contributed by atoms with Gasteiger partial charge in [-0.05, 0) is 35.9 Å². The Morgan fingerprint density at radius 3 is 2.52 bits per heavy atom. The van der Waals surface area contributed by atoms with Crippen LogP contribution in [0.1, 0.15) is 21.6 Å². The lowest BCUT2D eigenvalue weighted by atomic mass is 10.0. The molecule has 4 heteroatoms. The molecule has 3 rings (SSSR count). The first-order valence-electron chi connectivity index (χ1n) is 7.34. The van der Waals surface area contributed by atoms with Gasteiger partial charge in [0, 0.05) is 16.6 Å². The van der Waals surface area contributed by atoms with E-state index in [1.807, 2.05) is 66.7 Å². The highest BCUT2D eigenvalue weighted by molar-refractivity contribution is 6.03. The number of benzene rings is 2. The highest BCUT2D eigenvalue weighted by Gasteiger charge is 2.11. The van der Waals surface area contributed by atoms with Crippen molar-refractivity contribution in [2.45, 2.75) is 0 Å². The Bertz CT molecular complexity index is 883. The number of ketones is 1. The quantitative estimate of drug-likeness (QED) is 0.573. The third-order valence-corrected chi connectivity index (χ3v) is 3.61.